The van der Waals surface area contributed by atoms with Crippen LogP contribution < -0.4 is 10.7 Å². The van der Waals surface area contributed by atoms with Crippen molar-refractivity contribution in [2.45, 2.75) is 20.0 Å². The van der Waals surface area contributed by atoms with Crippen molar-refractivity contribution in [1.29, 1.82) is 0 Å². The van der Waals surface area contributed by atoms with Crippen LogP contribution in [-0.2, 0) is 6.18 Å². The van der Waals surface area contributed by atoms with Gasteiger partial charge in [-0.3, -0.25) is 9.99 Å². The maximum atomic E-state index is 13.0. The molecule has 4 aromatic carbocycles. The zero-order valence-electron chi connectivity index (χ0n) is 20.3. The van der Waals surface area contributed by atoms with Crippen molar-refractivity contribution in [3.63, 3.8) is 0 Å². The molecule has 1 aromatic heterocycles. The van der Waals surface area contributed by atoms with Crippen molar-refractivity contribution in [2.24, 2.45) is 5.10 Å². The number of halogens is 4. The first-order valence-corrected chi connectivity index (χ1v) is 12.3. The normalized spacial score (nSPS) is 11.9. The van der Waals surface area contributed by atoms with E-state index in [1.165, 1.54) is 6.07 Å². The lowest BCUT2D eigenvalue weighted by atomic mass is 10.1. The van der Waals surface area contributed by atoms with Crippen LogP contribution in [0.1, 0.15) is 22.3 Å². The number of hydrazone groups is 1. The zero-order chi connectivity index (χ0) is 27.0. The first-order chi connectivity index (χ1) is 18.1. The number of aryl methyl sites for hydroxylation is 2. The Labute approximate surface area is 226 Å². The molecule has 0 fully saturated rings. The summed E-state index contributed by atoms with van der Waals surface area (Å²) in [5.74, 6) is 0. The van der Waals surface area contributed by atoms with E-state index in [-0.39, 0.29) is 5.02 Å². The van der Waals surface area contributed by atoms with Gasteiger partial charge < -0.3 is 5.32 Å². The number of aromatic nitrogens is 2. The fraction of sp³-hybridized carbons (Fsp3) is 0.107. The first-order valence-electron chi connectivity index (χ1n) is 11.5. The third-order valence-corrected chi connectivity index (χ3v) is 6.69. The summed E-state index contributed by atoms with van der Waals surface area (Å²) in [5, 5.41) is 9.62. The number of imidazole rings is 1. The molecule has 0 bridgehead atoms. The van der Waals surface area contributed by atoms with Crippen molar-refractivity contribution in [1.82, 2.24) is 15.0 Å². The molecule has 0 unspecified atom stereocenters. The van der Waals surface area contributed by atoms with Crippen LogP contribution in [0.15, 0.2) is 78.2 Å². The molecular formula is C28H21ClF3N5S. The van der Waals surface area contributed by atoms with Crippen LogP contribution in [0.25, 0.3) is 27.5 Å². The molecule has 192 valence electrons. The Balaban J connectivity index is 1.37. The number of hydrogen-bond acceptors (Lipinski definition) is 3. The quantitative estimate of drug-likeness (QED) is 0.136. The molecule has 38 heavy (non-hydrogen) atoms. The van der Waals surface area contributed by atoms with Gasteiger partial charge in [0.25, 0.3) is 0 Å². The second-order valence-electron chi connectivity index (χ2n) is 8.78. The van der Waals surface area contributed by atoms with E-state index in [2.05, 4.69) is 20.8 Å². The molecule has 0 amide bonds. The van der Waals surface area contributed by atoms with Gasteiger partial charge in [-0.2, -0.15) is 18.3 Å². The molecule has 0 saturated heterocycles. The van der Waals surface area contributed by atoms with Crippen molar-refractivity contribution in [2.75, 3.05) is 5.32 Å². The van der Waals surface area contributed by atoms with Crippen LogP contribution in [0, 0.1) is 13.8 Å². The molecule has 5 rings (SSSR count). The minimum atomic E-state index is -4.46. The Hall–Kier alpha value is -3.95. The average molecular weight is 552 g/mol. The van der Waals surface area contributed by atoms with E-state index in [9.17, 15) is 13.2 Å². The van der Waals surface area contributed by atoms with Crippen LogP contribution in [-0.4, -0.2) is 20.9 Å². The standard InChI is InChI=1S/C28H21ClF3N5S/c1-16-4-3-5-17(2)25(16)35-27(38)36-34-14-18-6-9-21-19(12-18)7-10-24-26(21)33-15-37(24)23-11-8-20(13-22(23)29)28(30,31)32/h3-15H,1-2H3,(H2,35,36,38)/b34-14+. The molecule has 1 heterocycles. The van der Waals surface area contributed by atoms with Gasteiger partial charge in [-0.25, -0.2) is 4.98 Å². The summed E-state index contributed by atoms with van der Waals surface area (Å²) in [6.45, 7) is 4.02. The Bertz CT molecular complexity index is 1710. The second kappa shape index (κ2) is 10.1. The lowest BCUT2D eigenvalue weighted by molar-refractivity contribution is -0.137. The summed E-state index contributed by atoms with van der Waals surface area (Å²) >= 11 is 11.6. The lowest BCUT2D eigenvalue weighted by Gasteiger charge is -2.12. The topological polar surface area (TPSA) is 54.2 Å². The highest BCUT2D eigenvalue weighted by Gasteiger charge is 2.31. The Morgan fingerprint density at radius 2 is 1.79 bits per heavy atom. The highest BCUT2D eigenvalue weighted by Crippen LogP contribution is 2.35. The van der Waals surface area contributed by atoms with Gasteiger partial charge in [0.1, 0.15) is 6.33 Å². The molecular weight excluding hydrogens is 531 g/mol. The summed E-state index contributed by atoms with van der Waals surface area (Å²) in [6, 6.07) is 18.9. The van der Waals surface area contributed by atoms with Gasteiger partial charge in [0.05, 0.1) is 33.5 Å². The van der Waals surface area contributed by atoms with Gasteiger partial charge in [0, 0.05) is 11.1 Å². The van der Waals surface area contributed by atoms with Gasteiger partial charge in [-0.1, -0.05) is 48.0 Å². The Kier molecular flexibility index (Phi) is 6.81. The molecule has 10 heteroatoms. The summed E-state index contributed by atoms with van der Waals surface area (Å²) < 4.78 is 40.8. The van der Waals surface area contributed by atoms with Gasteiger partial charge in [0.15, 0.2) is 5.11 Å². The number of benzene rings is 4. The number of para-hydroxylation sites is 1. The van der Waals surface area contributed by atoms with Crippen LogP contribution in [0.2, 0.25) is 5.02 Å². The molecule has 0 atom stereocenters. The zero-order valence-corrected chi connectivity index (χ0v) is 21.8. The van der Waals surface area contributed by atoms with E-state index in [0.29, 0.717) is 16.3 Å². The molecule has 2 N–H and O–H groups in total. The molecule has 5 nitrogen and oxygen atoms in total. The third kappa shape index (κ3) is 5.07. The van der Waals surface area contributed by atoms with Crippen LogP contribution in [0.5, 0.6) is 0 Å². The van der Waals surface area contributed by atoms with Crippen molar-refractivity contribution < 1.29 is 13.2 Å². The summed E-state index contributed by atoms with van der Waals surface area (Å²) in [4.78, 5) is 4.52. The Morgan fingerprint density at radius 3 is 2.50 bits per heavy atom. The monoisotopic (exact) mass is 551 g/mol. The first kappa shape index (κ1) is 25.7. The van der Waals surface area contributed by atoms with Gasteiger partial charge >= 0.3 is 6.18 Å². The van der Waals surface area contributed by atoms with E-state index in [4.69, 9.17) is 23.8 Å². The number of alkyl halides is 3. The fourth-order valence-corrected chi connectivity index (χ4v) is 4.72. The van der Waals surface area contributed by atoms with Crippen molar-refractivity contribution in [3.05, 3.63) is 100 Å². The van der Waals surface area contributed by atoms with Crippen molar-refractivity contribution in [3.8, 4) is 5.69 Å². The third-order valence-electron chi connectivity index (χ3n) is 6.19. The van der Waals surface area contributed by atoms with Crippen molar-refractivity contribution >= 4 is 62.6 Å². The largest absolute Gasteiger partial charge is 0.416 e. The predicted molar refractivity (Wildman–Crippen MR) is 151 cm³/mol. The maximum absolute atomic E-state index is 13.0. The second-order valence-corrected chi connectivity index (χ2v) is 9.60. The number of nitrogens with zero attached hydrogens (tertiary/aromatic N) is 3. The van der Waals surface area contributed by atoms with Gasteiger partial charge in [0.2, 0.25) is 0 Å². The van der Waals surface area contributed by atoms with Crippen LogP contribution >= 0.6 is 23.8 Å². The smallest absolute Gasteiger partial charge is 0.331 e. The molecule has 0 aliphatic carbocycles. The molecule has 0 saturated carbocycles. The average Bonchev–Trinajstić information content (AvgIpc) is 3.30. The Morgan fingerprint density at radius 1 is 1.03 bits per heavy atom. The SMILES string of the molecule is Cc1cccc(C)c1NC(=S)N/N=C/c1ccc2c(ccc3c2ncn3-c2ccc(C(F)(F)F)cc2Cl)c1. The van der Waals surface area contributed by atoms with Crippen LogP contribution in [0.4, 0.5) is 18.9 Å². The molecule has 0 aliphatic heterocycles. The fourth-order valence-electron chi connectivity index (χ4n) is 4.30. The van der Waals surface area contributed by atoms with E-state index in [1.54, 1.807) is 17.1 Å². The van der Waals surface area contributed by atoms with E-state index < -0.39 is 11.7 Å². The number of nitrogens with one attached hydrogen (secondary N) is 2. The summed E-state index contributed by atoms with van der Waals surface area (Å²) in [6.07, 6.45) is -1.24. The number of rotatable bonds is 4. The van der Waals surface area contributed by atoms with E-state index in [1.807, 2.05) is 62.4 Å². The summed E-state index contributed by atoms with van der Waals surface area (Å²) in [5.41, 5.74) is 7.87. The molecule has 5 aromatic rings. The number of thiocarbonyl (C=S) groups is 1. The highest BCUT2D eigenvalue weighted by atomic mass is 35.5. The van der Waals surface area contributed by atoms with E-state index in [0.717, 1.165) is 50.8 Å². The minimum absolute atomic E-state index is 0.0109. The van der Waals surface area contributed by atoms with Gasteiger partial charge in [-0.15, -0.1) is 0 Å². The molecule has 0 spiro atoms. The number of fused-ring (bicyclic) bond motifs is 3. The predicted octanol–water partition coefficient (Wildman–Crippen LogP) is 7.79. The number of anilines is 1. The highest BCUT2D eigenvalue weighted by molar-refractivity contribution is 7.80. The number of hydrogen-bond donors (Lipinski definition) is 2. The van der Waals surface area contributed by atoms with Crippen LogP contribution in [0.3, 0.4) is 0 Å². The summed E-state index contributed by atoms with van der Waals surface area (Å²) in [7, 11) is 0. The minimum Gasteiger partial charge on any atom is -0.331 e. The maximum Gasteiger partial charge on any atom is 0.416 e. The molecule has 0 aliphatic rings. The molecule has 0 radical (unpaired) electrons. The van der Waals surface area contributed by atoms with Gasteiger partial charge in [-0.05, 0) is 78.5 Å². The lowest BCUT2D eigenvalue weighted by Crippen LogP contribution is -2.24. The van der Waals surface area contributed by atoms with E-state index >= 15 is 0 Å².